The first-order valence-electron chi connectivity index (χ1n) is 8.40. The van der Waals surface area contributed by atoms with E-state index in [-0.39, 0.29) is 16.3 Å². The molecule has 8 heteroatoms. The molecule has 0 bridgehead atoms. The minimum atomic E-state index is -0.319. The molecule has 0 saturated heterocycles. The zero-order valence-electron chi connectivity index (χ0n) is 14.4. The van der Waals surface area contributed by atoms with Crippen LogP contribution in [0, 0.1) is 6.92 Å². The van der Waals surface area contributed by atoms with Crippen LogP contribution in [0.4, 0.5) is 5.69 Å². The highest BCUT2D eigenvalue weighted by molar-refractivity contribution is 8.00. The predicted molar refractivity (Wildman–Crippen MR) is 107 cm³/mol. The van der Waals surface area contributed by atoms with E-state index < -0.39 is 0 Å². The molecule has 0 fully saturated rings. The van der Waals surface area contributed by atoms with Gasteiger partial charge in [0, 0.05) is 16.5 Å². The number of carbonyl (C=O) groups excluding carboxylic acids is 1. The second-order valence-corrected chi connectivity index (χ2v) is 8.98. The molecule has 4 rings (SSSR count). The number of hydrogen-bond acceptors (Lipinski definition) is 6. The molecule has 0 spiro atoms. The lowest BCUT2D eigenvalue weighted by atomic mass is 10.2. The van der Waals surface area contributed by atoms with Crippen LogP contribution in [0.5, 0.6) is 0 Å². The van der Waals surface area contributed by atoms with Gasteiger partial charge in [-0.3, -0.25) is 4.79 Å². The number of fused-ring (bicyclic) bond motifs is 3. The summed E-state index contributed by atoms with van der Waals surface area (Å²) in [5.41, 5.74) is 1.89. The van der Waals surface area contributed by atoms with Gasteiger partial charge < -0.3 is 5.32 Å². The van der Waals surface area contributed by atoms with Crippen molar-refractivity contribution in [2.24, 2.45) is 0 Å². The molecule has 0 saturated carbocycles. The molecule has 26 heavy (non-hydrogen) atoms. The number of thioether (sulfide) groups is 1. The Kier molecular flexibility index (Phi) is 4.86. The number of hydrogen-bond donors (Lipinski definition) is 1. The molecule has 0 aliphatic heterocycles. The number of rotatable bonds is 4. The summed E-state index contributed by atoms with van der Waals surface area (Å²) in [5, 5.41) is 4.84. The van der Waals surface area contributed by atoms with Crippen LogP contribution >= 0.6 is 34.7 Å². The average Bonchev–Trinajstić information content (AvgIpc) is 3.17. The molecule has 0 unspecified atom stereocenters. The van der Waals surface area contributed by atoms with Crippen LogP contribution in [0.25, 0.3) is 10.2 Å². The molecule has 3 heterocycles. The van der Waals surface area contributed by atoms with E-state index in [1.807, 2.05) is 13.8 Å². The van der Waals surface area contributed by atoms with Gasteiger partial charge in [0.15, 0.2) is 5.15 Å². The van der Waals surface area contributed by atoms with Gasteiger partial charge in [-0.2, -0.15) is 0 Å². The van der Waals surface area contributed by atoms with Crippen LogP contribution in [0.2, 0.25) is 5.15 Å². The number of amides is 1. The summed E-state index contributed by atoms with van der Waals surface area (Å²) < 4.78 is 0. The number of aromatic nitrogens is 3. The quantitative estimate of drug-likeness (QED) is 0.389. The second-order valence-electron chi connectivity index (χ2n) is 6.20. The largest absolute Gasteiger partial charge is 0.322 e. The van der Waals surface area contributed by atoms with Gasteiger partial charge in [0.2, 0.25) is 5.91 Å². The van der Waals surface area contributed by atoms with Gasteiger partial charge in [-0.05, 0) is 50.8 Å². The van der Waals surface area contributed by atoms with Gasteiger partial charge in [0.05, 0.1) is 10.9 Å². The monoisotopic (exact) mass is 404 g/mol. The fourth-order valence-electron chi connectivity index (χ4n) is 3.08. The minimum absolute atomic E-state index is 0.124. The Hall–Kier alpha value is -1.70. The molecule has 0 aromatic carbocycles. The van der Waals surface area contributed by atoms with Crippen molar-refractivity contribution in [1.82, 2.24) is 15.0 Å². The van der Waals surface area contributed by atoms with E-state index in [1.165, 1.54) is 28.6 Å². The third-order valence-corrected chi connectivity index (χ3v) is 6.89. The molecule has 134 valence electrons. The smallest absolute Gasteiger partial charge is 0.237 e. The number of nitrogens with one attached hydrogen (secondary N) is 1. The first kappa shape index (κ1) is 17.7. The van der Waals surface area contributed by atoms with Crippen LogP contribution in [0.1, 0.15) is 29.6 Å². The van der Waals surface area contributed by atoms with Crippen molar-refractivity contribution in [2.45, 2.75) is 43.4 Å². The fourth-order valence-corrected chi connectivity index (χ4v) is 5.65. The summed E-state index contributed by atoms with van der Waals surface area (Å²) in [5.74, 6) is 0.615. The summed E-state index contributed by atoms with van der Waals surface area (Å²) in [6.45, 7) is 3.77. The Labute approximate surface area is 164 Å². The summed E-state index contributed by atoms with van der Waals surface area (Å²) in [6, 6.07) is 3.48. The number of carbonyl (C=O) groups is 1. The molecule has 3 aromatic rings. The lowest BCUT2D eigenvalue weighted by molar-refractivity contribution is -0.115. The molecule has 1 aliphatic carbocycles. The van der Waals surface area contributed by atoms with E-state index in [0.29, 0.717) is 5.69 Å². The van der Waals surface area contributed by atoms with Gasteiger partial charge in [0.1, 0.15) is 15.7 Å². The van der Waals surface area contributed by atoms with Crippen molar-refractivity contribution < 1.29 is 4.79 Å². The zero-order chi connectivity index (χ0) is 18.3. The number of thiophene rings is 1. The first-order chi connectivity index (χ1) is 12.5. The number of halogens is 1. The molecule has 1 N–H and O–H groups in total. The molecular formula is C18H17ClN4OS2. The Bertz CT molecular complexity index is 1000. The highest BCUT2D eigenvalue weighted by Gasteiger charge is 2.24. The standard InChI is InChI=1S/C18H17ClN4OS2/c1-9(16(24)23-12-6-4-8-20-15(12)19)25-17-14-11-5-3-7-13(11)26-18(14)22-10(2)21-17/h4,6,8-9H,3,5,7H2,1-2H3,(H,23,24)/t9-/m1/s1. The van der Waals surface area contributed by atoms with Crippen molar-refractivity contribution in [2.75, 3.05) is 5.32 Å². The lowest BCUT2D eigenvalue weighted by Gasteiger charge is -2.13. The summed E-state index contributed by atoms with van der Waals surface area (Å²) >= 11 is 9.26. The second kappa shape index (κ2) is 7.13. The predicted octanol–water partition coefficient (Wildman–Crippen LogP) is 4.66. The van der Waals surface area contributed by atoms with E-state index in [0.717, 1.165) is 33.9 Å². The van der Waals surface area contributed by atoms with E-state index in [9.17, 15) is 4.79 Å². The molecule has 1 atom stereocenters. The maximum absolute atomic E-state index is 12.6. The highest BCUT2D eigenvalue weighted by Crippen LogP contribution is 2.41. The third kappa shape index (κ3) is 3.31. The van der Waals surface area contributed by atoms with Crippen molar-refractivity contribution in [1.29, 1.82) is 0 Å². The maximum atomic E-state index is 12.6. The molecule has 0 radical (unpaired) electrons. The molecule has 1 amide bonds. The molecular weight excluding hydrogens is 388 g/mol. The lowest BCUT2D eigenvalue weighted by Crippen LogP contribution is -2.23. The first-order valence-corrected chi connectivity index (χ1v) is 10.5. The van der Waals surface area contributed by atoms with Crippen LogP contribution in [0.15, 0.2) is 23.4 Å². The van der Waals surface area contributed by atoms with E-state index in [1.54, 1.807) is 29.7 Å². The maximum Gasteiger partial charge on any atom is 0.237 e. The van der Waals surface area contributed by atoms with Crippen LogP contribution < -0.4 is 5.32 Å². The van der Waals surface area contributed by atoms with E-state index in [4.69, 9.17) is 11.6 Å². The van der Waals surface area contributed by atoms with Crippen LogP contribution in [-0.2, 0) is 17.6 Å². The van der Waals surface area contributed by atoms with Gasteiger partial charge in [-0.15, -0.1) is 11.3 Å². The zero-order valence-corrected chi connectivity index (χ0v) is 16.8. The SMILES string of the molecule is Cc1nc(S[C@H](C)C(=O)Nc2cccnc2Cl)c2c3c(sc2n1)CCC3. The molecule has 1 aliphatic rings. The summed E-state index contributed by atoms with van der Waals surface area (Å²) in [6.07, 6.45) is 4.97. The van der Waals surface area contributed by atoms with Crippen LogP contribution in [-0.4, -0.2) is 26.1 Å². The Morgan fingerprint density at radius 3 is 3.04 bits per heavy atom. The average molecular weight is 405 g/mol. The van der Waals surface area contributed by atoms with Gasteiger partial charge >= 0.3 is 0 Å². The van der Waals surface area contributed by atoms with Crippen molar-refractivity contribution in [3.8, 4) is 0 Å². The normalized spacial score (nSPS) is 14.4. The van der Waals surface area contributed by atoms with Gasteiger partial charge in [-0.25, -0.2) is 15.0 Å². The van der Waals surface area contributed by atoms with E-state index in [2.05, 4.69) is 20.3 Å². The molecule has 5 nitrogen and oxygen atoms in total. The minimum Gasteiger partial charge on any atom is -0.322 e. The van der Waals surface area contributed by atoms with Crippen LogP contribution in [0.3, 0.4) is 0 Å². The Morgan fingerprint density at radius 2 is 2.23 bits per heavy atom. The topological polar surface area (TPSA) is 67.8 Å². The van der Waals surface area contributed by atoms with Crippen molar-refractivity contribution in [3.63, 3.8) is 0 Å². The van der Waals surface area contributed by atoms with Crippen molar-refractivity contribution >= 4 is 56.5 Å². The number of anilines is 1. The van der Waals surface area contributed by atoms with Gasteiger partial charge in [-0.1, -0.05) is 23.4 Å². The number of aryl methyl sites for hydroxylation is 3. The highest BCUT2D eigenvalue weighted by atomic mass is 35.5. The van der Waals surface area contributed by atoms with E-state index >= 15 is 0 Å². The fraction of sp³-hybridized carbons (Fsp3) is 0.333. The van der Waals surface area contributed by atoms with Crippen molar-refractivity contribution in [3.05, 3.63) is 39.7 Å². The Morgan fingerprint density at radius 1 is 1.38 bits per heavy atom. The summed E-state index contributed by atoms with van der Waals surface area (Å²) in [7, 11) is 0. The number of nitrogens with zero attached hydrogens (tertiary/aromatic N) is 3. The Balaban J connectivity index is 1.60. The third-order valence-electron chi connectivity index (χ3n) is 4.32. The number of pyridine rings is 1. The van der Waals surface area contributed by atoms with Gasteiger partial charge in [0.25, 0.3) is 0 Å². The summed E-state index contributed by atoms with van der Waals surface area (Å²) in [4.78, 5) is 28.3. The molecule has 3 aromatic heterocycles.